The van der Waals surface area contributed by atoms with Crippen LogP contribution in [0.5, 0.6) is 5.75 Å². The molecule has 1 unspecified atom stereocenters. The number of hydrogen-bond donors (Lipinski definition) is 3. The van der Waals surface area contributed by atoms with E-state index in [-0.39, 0.29) is 11.3 Å². The normalized spacial score (nSPS) is 12.3. The molecule has 1 atom stereocenters. The lowest BCUT2D eigenvalue weighted by atomic mass is 10.1. The van der Waals surface area contributed by atoms with E-state index in [1.807, 2.05) is 6.07 Å². The first kappa shape index (κ1) is 17.7. The molecular weight excluding hydrogens is 386 g/mol. The van der Waals surface area contributed by atoms with Gasteiger partial charge in [0.1, 0.15) is 16.3 Å². The van der Waals surface area contributed by atoms with E-state index in [2.05, 4.69) is 0 Å². The van der Waals surface area contributed by atoms with Gasteiger partial charge < -0.3 is 10.2 Å². The lowest BCUT2D eigenvalue weighted by Crippen LogP contribution is -2.19. The van der Waals surface area contributed by atoms with Gasteiger partial charge >= 0.3 is 5.97 Å². The molecule has 2 aromatic carbocycles. The fourth-order valence-electron chi connectivity index (χ4n) is 2.48. The molecule has 0 amide bonds. The van der Waals surface area contributed by atoms with Crippen LogP contribution in [0.4, 0.5) is 10.7 Å². The van der Waals surface area contributed by atoms with Crippen LogP contribution < -0.4 is 4.31 Å². The molecule has 3 rings (SSSR count). The number of phenols is 1. The van der Waals surface area contributed by atoms with Gasteiger partial charge in [-0.2, -0.15) is 0 Å². The lowest BCUT2D eigenvalue weighted by molar-refractivity contribution is 0.0694. The SMILES string of the molecule is Cc1c(N(c2ccc(C(=O)O)c(O)c2)S(=O)O)sc2ccc(Cl)cc12. The second-order valence-corrected chi connectivity index (χ2v) is 7.50. The van der Waals surface area contributed by atoms with Gasteiger partial charge in [-0.15, -0.1) is 11.3 Å². The molecule has 25 heavy (non-hydrogen) atoms. The molecule has 0 aliphatic carbocycles. The number of aromatic hydroxyl groups is 1. The maximum atomic E-state index is 11.9. The Morgan fingerprint density at radius 3 is 2.56 bits per heavy atom. The number of anilines is 2. The second-order valence-electron chi connectivity index (χ2n) is 5.20. The summed E-state index contributed by atoms with van der Waals surface area (Å²) in [5, 5.41) is 20.8. The Kier molecular flexibility index (Phi) is 4.70. The van der Waals surface area contributed by atoms with Gasteiger partial charge in [-0.3, -0.25) is 4.55 Å². The summed E-state index contributed by atoms with van der Waals surface area (Å²) < 4.78 is 23.7. The number of rotatable bonds is 4. The van der Waals surface area contributed by atoms with E-state index in [4.69, 9.17) is 16.7 Å². The minimum Gasteiger partial charge on any atom is -0.507 e. The first-order valence-corrected chi connectivity index (χ1v) is 9.21. The maximum absolute atomic E-state index is 11.9. The van der Waals surface area contributed by atoms with Crippen LogP contribution in [0.15, 0.2) is 36.4 Å². The van der Waals surface area contributed by atoms with Gasteiger partial charge in [0.2, 0.25) is 0 Å². The van der Waals surface area contributed by atoms with Crippen LogP contribution in [0.25, 0.3) is 10.1 Å². The highest BCUT2D eigenvalue weighted by atomic mass is 35.5. The van der Waals surface area contributed by atoms with Gasteiger partial charge in [-0.25, -0.2) is 13.3 Å². The molecule has 0 fully saturated rings. The Morgan fingerprint density at radius 1 is 1.24 bits per heavy atom. The zero-order valence-corrected chi connectivity index (χ0v) is 15.2. The van der Waals surface area contributed by atoms with Gasteiger partial charge in [-0.1, -0.05) is 11.6 Å². The van der Waals surface area contributed by atoms with Crippen LogP contribution in [0.2, 0.25) is 5.02 Å². The molecule has 3 aromatic rings. The molecule has 0 saturated carbocycles. The van der Waals surface area contributed by atoms with Gasteiger partial charge in [0.25, 0.3) is 11.3 Å². The molecule has 0 saturated heterocycles. The number of nitrogens with zero attached hydrogens (tertiary/aromatic N) is 1. The van der Waals surface area contributed by atoms with Crippen molar-refractivity contribution in [2.24, 2.45) is 0 Å². The molecule has 1 heterocycles. The van der Waals surface area contributed by atoms with Crippen molar-refractivity contribution in [3.8, 4) is 5.75 Å². The molecule has 3 N–H and O–H groups in total. The molecular formula is C16H12ClNO5S2. The average Bonchev–Trinajstić information content (AvgIpc) is 2.84. The standard InChI is InChI=1S/C16H12ClNO5S2/c1-8-12-6-9(17)2-5-14(12)24-15(8)18(25(22)23)10-3-4-11(16(20)21)13(19)7-10/h2-7,19H,1H3,(H,20,21)(H,22,23). The summed E-state index contributed by atoms with van der Waals surface area (Å²) in [5.74, 6) is -1.77. The van der Waals surface area contributed by atoms with Crippen molar-refractivity contribution in [2.45, 2.75) is 6.92 Å². The number of carbonyl (C=O) groups is 1. The van der Waals surface area contributed by atoms with Crippen molar-refractivity contribution in [2.75, 3.05) is 4.31 Å². The van der Waals surface area contributed by atoms with Crippen molar-refractivity contribution >= 4 is 60.9 Å². The number of carboxylic acid groups (broad SMARTS) is 1. The predicted octanol–water partition coefficient (Wildman–Crippen LogP) is 4.54. The molecule has 0 aliphatic rings. The third kappa shape index (κ3) is 3.21. The van der Waals surface area contributed by atoms with Gasteiger partial charge in [0, 0.05) is 15.8 Å². The quantitative estimate of drug-likeness (QED) is 0.561. The van der Waals surface area contributed by atoms with E-state index < -0.39 is 23.0 Å². The van der Waals surface area contributed by atoms with E-state index in [0.29, 0.717) is 10.0 Å². The minimum absolute atomic E-state index is 0.198. The van der Waals surface area contributed by atoms with E-state index in [1.165, 1.54) is 23.5 Å². The highest BCUT2D eigenvalue weighted by molar-refractivity contribution is 7.81. The Hall–Kier alpha value is -2.13. The number of carboxylic acids is 1. The smallest absolute Gasteiger partial charge is 0.339 e. The monoisotopic (exact) mass is 397 g/mol. The van der Waals surface area contributed by atoms with Crippen molar-refractivity contribution in [1.82, 2.24) is 0 Å². The van der Waals surface area contributed by atoms with Crippen molar-refractivity contribution in [3.63, 3.8) is 0 Å². The Bertz CT molecular complexity index is 1020. The third-order valence-electron chi connectivity index (χ3n) is 3.66. The summed E-state index contributed by atoms with van der Waals surface area (Å²) in [7, 11) is 0. The molecule has 130 valence electrons. The molecule has 1 aromatic heterocycles. The maximum Gasteiger partial charge on any atom is 0.339 e. The molecule has 0 aliphatic heterocycles. The van der Waals surface area contributed by atoms with Crippen LogP contribution in [0.1, 0.15) is 15.9 Å². The van der Waals surface area contributed by atoms with E-state index in [0.717, 1.165) is 26.0 Å². The molecule has 9 heteroatoms. The van der Waals surface area contributed by atoms with E-state index in [1.54, 1.807) is 19.1 Å². The van der Waals surface area contributed by atoms with Gasteiger partial charge in [0.05, 0.1) is 5.69 Å². The highest BCUT2D eigenvalue weighted by Gasteiger charge is 2.23. The summed E-state index contributed by atoms with van der Waals surface area (Å²) in [4.78, 5) is 11.0. The van der Waals surface area contributed by atoms with Gasteiger partial charge in [-0.05, 0) is 48.2 Å². The zero-order valence-electron chi connectivity index (χ0n) is 12.8. The molecule has 0 spiro atoms. The minimum atomic E-state index is -2.42. The summed E-state index contributed by atoms with van der Waals surface area (Å²) in [6, 6.07) is 9.03. The van der Waals surface area contributed by atoms with Crippen LogP contribution in [0.3, 0.4) is 0 Å². The summed E-state index contributed by atoms with van der Waals surface area (Å²) in [6.07, 6.45) is 0. The molecule has 0 bridgehead atoms. The number of benzene rings is 2. The fraction of sp³-hybridized carbons (Fsp3) is 0.0625. The predicted molar refractivity (Wildman–Crippen MR) is 99.5 cm³/mol. The van der Waals surface area contributed by atoms with E-state index in [9.17, 15) is 18.7 Å². The number of halogens is 1. The first-order valence-electron chi connectivity index (χ1n) is 6.95. The fourth-order valence-corrected chi connectivity index (χ4v) is 4.65. The second kappa shape index (κ2) is 6.64. The average molecular weight is 398 g/mol. The number of aromatic carboxylic acids is 1. The Labute approximate surface area is 154 Å². The Balaban J connectivity index is 2.17. The summed E-state index contributed by atoms with van der Waals surface area (Å²) >= 11 is 4.90. The van der Waals surface area contributed by atoms with E-state index >= 15 is 0 Å². The van der Waals surface area contributed by atoms with Crippen LogP contribution >= 0.6 is 22.9 Å². The number of fused-ring (bicyclic) bond motifs is 1. The topological polar surface area (TPSA) is 98.1 Å². The summed E-state index contributed by atoms with van der Waals surface area (Å²) in [5.41, 5.74) is 0.669. The van der Waals surface area contributed by atoms with Crippen molar-refractivity contribution < 1.29 is 23.8 Å². The zero-order chi connectivity index (χ0) is 18.3. The third-order valence-corrected chi connectivity index (χ3v) is 5.97. The number of hydrogen-bond acceptors (Lipinski definition) is 4. The largest absolute Gasteiger partial charge is 0.507 e. The highest BCUT2D eigenvalue weighted by Crippen LogP contribution is 2.42. The van der Waals surface area contributed by atoms with Crippen LogP contribution in [-0.4, -0.2) is 24.9 Å². The molecule has 6 nitrogen and oxygen atoms in total. The van der Waals surface area contributed by atoms with Crippen molar-refractivity contribution in [1.29, 1.82) is 0 Å². The van der Waals surface area contributed by atoms with Crippen LogP contribution in [0, 0.1) is 6.92 Å². The number of aryl methyl sites for hydroxylation is 1. The Morgan fingerprint density at radius 2 is 1.96 bits per heavy atom. The lowest BCUT2D eigenvalue weighted by Gasteiger charge is -2.19. The van der Waals surface area contributed by atoms with Crippen LogP contribution in [-0.2, 0) is 11.3 Å². The van der Waals surface area contributed by atoms with Gasteiger partial charge in [0.15, 0.2) is 0 Å². The van der Waals surface area contributed by atoms with Crippen molar-refractivity contribution in [3.05, 3.63) is 52.5 Å². The first-order chi connectivity index (χ1) is 11.8. The summed E-state index contributed by atoms with van der Waals surface area (Å²) in [6.45, 7) is 1.80. The molecule has 0 radical (unpaired) electrons. The number of thiophene rings is 1.